The summed E-state index contributed by atoms with van der Waals surface area (Å²) >= 11 is 0. The van der Waals surface area contributed by atoms with Crippen LogP contribution in [0.3, 0.4) is 0 Å². The van der Waals surface area contributed by atoms with Gasteiger partial charge in [-0.3, -0.25) is 9.78 Å². The maximum absolute atomic E-state index is 12.6. The quantitative estimate of drug-likeness (QED) is 0.640. The smallest absolute Gasteiger partial charge is 0.298 e. The number of aldehydes is 1. The summed E-state index contributed by atoms with van der Waals surface area (Å²) in [7, 11) is 0. The molecule has 2 aromatic carbocycles. The van der Waals surface area contributed by atoms with Crippen molar-refractivity contribution >= 4 is 17.2 Å². The molecule has 110 valence electrons. The summed E-state index contributed by atoms with van der Waals surface area (Å²) in [5, 5.41) is 0.766. The molecule has 0 aliphatic heterocycles. The van der Waals surface area contributed by atoms with Crippen molar-refractivity contribution in [2.24, 2.45) is 0 Å². The van der Waals surface area contributed by atoms with Gasteiger partial charge in [-0.25, -0.2) is 0 Å². The van der Waals surface area contributed by atoms with E-state index in [0.29, 0.717) is 16.7 Å². The molecule has 22 heavy (non-hydrogen) atoms. The molecule has 1 heterocycles. The highest BCUT2D eigenvalue weighted by Crippen LogP contribution is 2.31. The molecule has 0 bridgehead atoms. The third kappa shape index (κ3) is 2.70. The van der Waals surface area contributed by atoms with Gasteiger partial charge in [0, 0.05) is 22.7 Å². The van der Waals surface area contributed by atoms with Crippen molar-refractivity contribution in [2.45, 2.75) is 6.18 Å². The highest BCUT2D eigenvalue weighted by atomic mass is 19.4. The highest BCUT2D eigenvalue weighted by Gasteiger charge is 2.29. The summed E-state index contributed by atoms with van der Waals surface area (Å²) in [6, 6.07) is 11.8. The van der Waals surface area contributed by atoms with E-state index in [-0.39, 0.29) is 0 Å². The van der Waals surface area contributed by atoms with E-state index < -0.39 is 11.7 Å². The predicted molar refractivity (Wildman–Crippen MR) is 77.6 cm³/mol. The number of aromatic nitrogens is 1. The van der Waals surface area contributed by atoms with Gasteiger partial charge in [0.25, 0.3) is 0 Å². The summed E-state index contributed by atoms with van der Waals surface area (Å²) in [5.74, 6) is 0. The van der Waals surface area contributed by atoms with Crippen LogP contribution in [0.4, 0.5) is 13.2 Å². The average molecular weight is 301 g/mol. The zero-order chi connectivity index (χ0) is 15.7. The maximum Gasteiger partial charge on any atom is 0.416 e. The molecular formula is C17H10F3NO. The molecule has 0 saturated carbocycles. The summed E-state index contributed by atoms with van der Waals surface area (Å²) in [4.78, 5) is 15.1. The third-order valence-electron chi connectivity index (χ3n) is 3.39. The Morgan fingerprint density at radius 3 is 2.27 bits per heavy atom. The van der Waals surface area contributed by atoms with Crippen LogP contribution >= 0.6 is 0 Å². The Kier molecular flexibility index (Phi) is 3.41. The maximum atomic E-state index is 12.6. The molecule has 0 N–H and O–H groups in total. The molecule has 3 aromatic rings. The number of fused-ring (bicyclic) bond motifs is 1. The molecule has 3 rings (SSSR count). The Labute approximate surface area is 124 Å². The fraction of sp³-hybridized carbons (Fsp3) is 0.0588. The lowest BCUT2D eigenvalue weighted by Crippen LogP contribution is -2.03. The number of halogens is 3. The Morgan fingerprint density at radius 1 is 0.909 bits per heavy atom. The third-order valence-corrected chi connectivity index (χ3v) is 3.39. The fourth-order valence-electron chi connectivity index (χ4n) is 2.23. The Balaban J connectivity index is 2.04. The first kappa shape index (κ1) is 14.3. The average Bonchev–Trinajstić information content (AvgIpc) is 2.53. The number of nitrogens with zero attached hydrogens (tertiary/aromatic N) is 1. The van der Waals surface area contributed by atoms with Gasteiger partial charge in [-0.1, -0.05) is 12.1 Å². The van der Waals surface area contributed by atoms with Crippen molar-refractivity contribution < 1.29 is 18.0 Å². The molecule has 0 amide bonds. The summed E-state index contributed by atoms with van der Waals surface area (Å²) in [5.41, 5.74) is 1.90. The summed E-state index contributed by atoms with van der Waals surface area (Å²) in [6.07, 6.45) is -2.01. The molecule has 0 unspecified atom stereocenters. The molecular weight excluding hydrogens is 291 g/mol. The van der Waals surface area contributed by atoms with Crippen LogP contribution in [0.15, 0.2) is 54.7 Å². The van der Waals surface area contributed by atoms with Gasteiger partial charge in [-0.05, 0) is 42.0 Å². The predicted octanol–water partition coefficient (Wildman–Crippen LogP) is 4.73. The standard InChI is InChI=1S/C17H10F3NO/c18-17(19,20)15-4-2-12(3-5-15)14-8-13-7-11(10-22)1-6-16(13)21-9-14/h1-10H. The lowest BCUT2D eigenvalue weighted by molar-refractivity contribution is -0.137. The highest BCUT2D eigenvalue weighted by molar-refractivity contribution is 5.89. The lowest BCUT2D eigenvalue weighted by atomic mass is 10.0. The van der Waals surface area contributed by atoms with Crippen LogP contribution in [0, 0.1) is 0 Å². The molecule has 0 atom stereocenters. The number of rotatable bonds is 2. The van der Waals surface area contributed by atoms with Gasteiger partial charge in [-0.15, -0.1) is 0 Å². The monoisotopic (exact) mass is 301 g/mol. The molecule has 0 aliphatic carbocycles. The van der Waals surface area contributed by atoms with Crippen molar-refractivity contribution in [3.63, 3.8) is 0 Å². The summed E-state index contributed by atoms with van der Waals surface area (Å²) < 4.78 is 37.7. The zero-order valence-corrected chi connectivity index (χ0v) is 11.3. The van der Waals surface area contributed by atoms with Gasteiger partial charge >= 0.3 is 6.18 Å². The molecule has 0 spiro atoms. The first-order valence-electron chi connectivity index (χ1n) is 6.50. The fourth-order valence-corrected chi connectivity index (χ4v) is 2.23. The first-order valence-corrected chi connectivity index (χ1v) is 6.50. The second-order valence-corrected chi connectivity index (χ2v) is 4.87. The first-order chi connectivity index (χ1) is 10.5. The van der Waals surface area contributed by atoms with Crippen LogP contribution in [0.5, 0.6) is 0 Å². The Bertz CT molecular complexity index is 839. The molecule has 2 nitrogen and oxygen atoms in total. The SMILES string of the molecule is O=Cc1ccc2ncc(-c3ccc(C(F)(F)F)cc3)cc2c1. The van der Waals surface area contributed by atoms with E-state index in [2.05, 4.69) is 4.98 Å². The van der Waals surface area contributed by atoms with Crippen LogP contribution in [0.25, 0.3) is 22.0 Å². The number of carbonyl (C=O) groups excluding carboxylic acids is 1. The van der Waals surface area contributed by atoms with E-state index in [0.717, 1.165) is 29.3 Å². The Morgan fingerprint density at radius 2 is 1.64 bits per heavy atom. The van der Waals surface area contributed by atoms with Crippen molar-refractivity contribution in [3.8, 4) is 11.1 Å². The van der Waals surface area contributed by atoms with Crippen molar-refractivity contribution in [1.82, 2.24) is 4.98 Å². The van der Waals surface area contributed by atoms with Crippen LogP contribution in [-0.2, 0) is 6.18 Å². The second kappa shape index (κ2) is 5.26. The molecule has 0 aliphatic rings. The molecule has 1 aromatic heterocycles. The van der Waals surface area contributed by atoms with Gasteiger partial charge < -0.3 is 0 Å². The van der Waals surface area contributed by atoms with Crippen LogP contribution in [-0.4, -0.2) is 11.3 Å². The molecule has 0 saturated heterocycles. The minimum Gasteiger partial charge on any atom is -0.298 e. The van der Waals surface area contributed by atoms with Gasteiger partial charge in [-0.2, -0.15) is 13.2 Å². The second-order valence-electron chi connectivity index (χ2n) is 4.87. The van der Waals surface area contributed by atoms with Crippen LogP contribution in [0.2, 0.25) is 0 Å². The number of pyridine rings is 1. The molecule has 0 fully saturated rings. The number of hydrogen-bond acceptors (Lipinski definition) is 2. The normalized spacial score (nSPS) is 11.6. The lowest BCUT2D eigenvalue weighted by Gasteiger charge is -2.08. The minimum absolute atomic E-state index is 0.527. The number of benzene rings is 2. The van der Waals surface area contributed by atoms with Crippen LogP contribution in [0.1, 0.15) is 15.9 Å². The zero-order valence-electron chi connectivity index (χ0n) is 11.3. The van der Waals surface area contributed by atoms with Gasteiger partial charge in [0.1, 0.15) is 6.29 Å². The van der Waals surface area contributed by atoms with E-state index in [1.54, 1.807) is 30.5 Å². The number of hydrogen-bond donors (Lipinski definition) is 0. The number of alkyl halides is 3. The van der Waals surface area contributed by atoms with E-state index in [9.17, 15) is 18.0 Å². The molecule has 0 radical (unpaired) electrons. The largest absolute Gasteiger partial charge is 0.416 e. The summed E-state index contributed by atoms with van der Waals surface area (Å²) in [6.45, 7) is 0. The van der Waals surface area contributed by atoms with Crippen LogP contribution < -0.4 is 0 Å². The minimum atomic E-state index is -4.35. The van der Waals surface area contributed by atoms with Gasteiger partial charge in [0.05, 0.1) is 11.1 Å². The van der Waals surface area contributed by atoms with Gasteiger partial charge in [0.15, 0.2) is 0 Å². The molecule has 5 heteroatoms. The van der Waals surface area contributed by atoms with E-state index in [1.807, 2.05) is 0 Å². The van der Waals surface area contributed by atoms with Gasteiger partial charge in [0.2, 0.25) is 0 Å². The topological polar surface area (TPSA) is 30.0 Å². The van der Waals surface area contributed by atoms with E-state index in [1.165, 1.54) is 12.1 Å². The van der Waals surface area contributed by atoms with Crippen molar-refractivity contribution in [2.75, 3.05) is 0 Å². The Hall–Kier alpha value is -2.69. The van der Waals surface area contributed by atoms with Crippen molar-refractivity contribution in [3.05, 3.63) is 65.9 Å². The number of carbonyl (C=O) groups is 1. The van der Waals surface area contributed by atoms with E-state index in [4.69, 9.17) is 0 Å². The van der Waals surface area contributed by atoms with Crippen molar-refractivity contribution in [1.29, 1.82) is 0 Å². The van der Waals surface area contributed by atoms with E-state index >= 15 is 0 Å².